The summed E-state index contributed by atoms with van der Waals surface area (Å²) in [5.41, 5.74) is 6.95. The second kappa shape index (κ2) is 9.06. The quantitative estimate of drug-likeness (QED) is 0.404. The number of aromatic nitrogens is 2. The van der Waals surface area contributed by atoms with Crippen LogP contribution in [0.25, 0.3) is 0 Å². The highest BCUT2D eigenvalue weighted by molar-refractivity contribution is 7.83. The fourth-order valence-corrected chi connectivity index (χ4v) is 3.41. The van der Waals surface area contributed by atoms with Crippen LogP contribution in [0.1, 0.15) is 30.9 Å². The third-order valence-corrected chi connectivity index (χ3v) is 5.13. The van der Waals surface area contributed by atoms with E-state index < -0.39 is 11.0 Å². The number of aryl methyl sites for hydroxylation is 1. The average molecular weight is 429 g/mol. The van der Waals surface area contributed by atoms with Crippen molar-refractivity contribution in [1.82, 2.24) is 14.7 Å². The van der Waals surface area contributed by atoms with Crippen molar-refractivity contribution >= 4 is 34.0 Å². The predicted octanol–water partition coefficient (Wildman–Crippen LogP) is 3.15. The molecule has 0 saturated heterocycles. The Bertz CT molecular complexity index is 1100. The number of hydrogen-bond acceptors (Lipinski definition) is 8. The highest BCUT2D eigenvalue weighted by atomic mass is 32.2. The summed E-state index contributed by atoms with van der Waals surface area (Å²) < 4.78 is 26.4. The van der Waals surface area contributed by atoms with Crippen LogP contribution in [-0.4, -0.2) is 33.0 Å². The largest absolute Gasteiger partial charge is 0.489 e. The van der Waals surface area contributed by atoms with E-state index in [0.29, 0.717) is 39.2 Å². The van der Waals surface area contributed by atoms with E-state index >= 15 is 0 Å². The summed E-state index contributed by atoms with van der Waals surface area (Å²) in [6.07, 6.45) is 1.23. The summed E-state index contributed by atoms with van der Waals surface area (Å²) >= 11 is 0. The minimum absolute atomic E-state index is 0.0463. The minimum Gasteiger partial charge on any atom is -0.489 e. The van der Waals surface area contributed by atoms with Gasteiger partial charge in [-0.05, 0) is 58.2 Å². The molecule has 0 saturated carbocycles. The van der Waals surface area contributed by atoms with Crippen molar-refractivity contribution in [3.8, 4) is 5.75 Å². The van der Waals surface area contributed by atoms with Crippen LogP contribution >= 0.6 is 0 Å². The molecular weight excluding hydrogens is 404 g/mol. The van der Waals surface area contributed by atoms with E-state index in [0.717, 1.165) is 0 Å². The molecule has 3 aromatic rings. The number of ether oxygens (including phenoxy) is 1. The van der Waals surface area contributed by atoms with Crippen molar-refractivity contribution < 1.29 is 13.4 Å². The van der Waals surface area contributed by atoms with Gasteiger partial charge < -0.3 is 20.2 Å². The van der Waals surface area contributed by atoms with Crippen LogP contribution in [0.2, 0.25) is 0 Å². The topological polar surface area (TPSA) is 139 Å². The fraction of sp³-hybridized carbons (Fsp3) is 0.250. The number of furan rings is 1. The van der Waals surface area contributed by atoms with Gasteiger partial charge in [0.15, 0.2) is 5.76 Å². The van der Waals surface area contributed by atoms with Crippen molar-refractivity contribution in [1.29, 1.82) is 5.41 Å². The van der Waals surface area contributed by atoms with Gasteiger partial charge in [-0.2, -0.15) is 0 Å². The molecule has 5 N–H and O–H groups in total. The van der Waals surface area contributed by atoms with Gasteiger partial charge in [-0.15, -0.1) is 0 Å². The predicted molar refractivity (Wildman–Crippen MR) is 117 cm³/mol. The maximum atomic E-state index is 12.2. The molecule has 0 bridgehead atoms. The molecule has 0 amide bonds. The Morgan fingerprint density at radius 3 is 2.67 bits per heavy atom. The monoisotopic (exact) mass is 428 g/mol. The first-order valence-electron chi connectivity index (χ1n) is 9.23. The number of nitrogens with one attached hydrogen (secondary N) is 3. The Balaban J connectivity index is 2.06. The van der Waals surface area contributed by atoms with E-state index in [-0.39, 0.29) is 17.6 Å². The molecule has 30 heavy (non-hydrogen) atoms. The SMILES string of the molecule is CNS(=O)c1ccc(OC(C)C)c(Nc2ncnc(N)c2C(=N)c2ccc(C)o2)c1. The maximum absolute atomic E-state index is 12.2. The second-order valence-electron chi connectivity index (χ2n) is 6.69. The van der Waals surface area contributed by atoms with Gasteiger partial charge in [0.25, 0.3) is 0 Å². The zero-order chi connectivity index (χ0) is 21.8. The van der Waals surface area contributed by atoms with Crippen LogP contribution in [0.5, 0.6) is 5.75 Å². The van der Waals surface area contributed by atoms with Gasteiger partial charge in [0.1, 0.15) is 46.2 Å². The molecule has 158 valence electrons. The Morgan fingerprint density at radius 1 is 1.27 bits per heavy atom. The first-order chi connectivity index (χ1) is 14.3. The summed E-state index contributed by atoms with van der Waals surface area (Å²) in [4.78, 5) is 8.84. The van der Waals surface area contributed by atoms with E-state index in [2.05, 4.69) is 20.0 Å². The molecule has 0 aliphatic rings. The lowest BCUT2D eigenvalue weighted by atomic mass is 10.1. The van der Waals surface area contributed by atoms with E-state index in [1.54, 1.807) is 44.3 Å². The maximum Gasteiger partial charge on any atom is 0.152 e. The molecule has 0 aliphatic carbocycles. The van der Waals surface area contributed by atoms with Crippen LogP contribution in [0.4, 0.5) is 17.3 Å². The Morgan fingerprint density at radius 2 is 2.03 bits per heavy atom. The van der Waals surface area contributed by atoms with E-state index in [1.807, 2.05) is 13.8 Å². The van der Waals surface area contributed by atoms with Crippen LogP contribution < -0.4 is 20.5 Å². The zero-order valence-corrected chi connectivity index (χ0v) is 18.0. The molecule has 0 spiro atoms. The van der Waals surface area contributed by atoms with E-state index in [4.69, 9.17) is 20.3 Å². The summed E-state index contributed by atoms with van der Waals surface area (Å²) in [5.74, 6) is 2.01. The van der Waals surface area contributed by atoms with Gasteiger partial charge in [0.05, 0.1) is 22.3 Å². The average Bonchev–Trinajstić information content (AvgIpc) is 3.14. The number of nitrogens with zero attached hydrogens (tertiary/aromatic N) is 2. The van der Waals surface area contributed by atoms with Crippen LogP contribution in [0.3, 0.4) is 0 Å². The lowest BCUT2D eigenvalue weighted by Crippen LogP contribution is -2.14. The number of nitrogens with two attached hydrogens (primary N) is 1. The van der Waals surface area contributed by atoms with Crippen molar-refractivity contribution in [2.75, 3.05) is 18.1 Å². The number of anilines is 3. The summed E-state index contributed by atoms with van der Waals surface area (Å²) in [7, 11) is 0.223. The Labute approximate surface area is 177 Å². The van der Waals surface area contributed by atoms with Gasteiger partial charge in [-0.25, -0.2) is 18.9 Å². The van der Waals surface area contributed by atoms with Crippen molar-refractivity contribution in [2.45, 2.75) is 31.8 Å². The lowest BCUT2D eigenvalue weighted by molar-refractivity contribution is 0.243. The lowest BCUT2D eigenvalue weighted by Gasteiger charge is -2.18. The Hall–Kier alpha value is -3.24. The smallest absolute Gasteiger partial charge is 0.152 e. The van der Waals surface area contributed by atoms with Gasteiger partial charge in [-0.3, -0.25) is 5.41 Å². The summed E-state index contributed by atoms with van der Waals surface area (Å²) in [5, 5.41) is 11.7. The fourth-order valence-electron chi connectivity index (χ4n) is 2.76. The third kappa shape index (κ3) is 4.66. The molecule has 1 unspecified atom stereocenters. The molecule has 1 atom stereocenters. The number of rotatable bonds is 8. The molecule has 1 aromatic carbocycles. The molecule has 10 heteroatoms. The highest BCUT2D eigenvalue weighted by Crippen LogP contribution is 2.33. The molecule has 0 radical (unpaired) electrons. The van der Waals surface area contributed by atoms with Crippen LogP contribution in [-0.2, 0) is 11.0 Å². The number of nitrogen functional groups attached to an aromatic ring is 1. The molecule has 9 nitrogen and oxygen atoms in total. The molecule has 2 heterocycles. The normalized spacial score (nSPS) is 12.0. The molecule has 0 aliphatic heterocycles. The zero-order valence-electron chi connectivity index (χ0n) is 17.1. The van der Waals surface area contributed by atoms with Crippen LogP contribution in [0, 0.1) is 12.3 Å². The van der Waals surface area contributed by atoms with E-state index in [9.17, 15) is 4.21 Å². The third-order valence-electron chi connectivity index (χ3n) is 4.08. The van der Waals surface area contributed by atoms with Gasteiger partial charge >= 0.3 is 0 Å². The van der Waals surface area contributed by atoms with Crippen molar-refractivity contribution in [3.05, 3.63) is 53.7 Å². The van der Waals surface area contributed by atoms with Crippen LogP contribution in [0.15, 0.2) is 46.0 Å². The Kier molecular flexibility index (Phi) is 6.48. The number of hydrogen-bond donors (Lipinski definition) is 4. The molecule has 2 aromatic heterocycles. The second-order valence-corrected chi connectivity index (χ2v) is 8.11. The minimum atomic E-state index is -1.39. The number of benzene rings is 1. The first-order valence-corrected chi connectivity index (χ1v) is 10.4. The summed E-state index contributed by atoms with van der Waals surface area (Å²) in [6, 6.07) is 8.61. The van der Waals surface area contributed by atoms with Gasteiger partial charge in [-0.1, -0.05) is 0 Å². The summed E-state index contributed by atoms with van der Waals surface area (Å²) in [6.45, 7) is 5.61. The standard InChI is InChI=1S/C20H24N6O3S/c1-11(2)28-15-8-6-13(30(27)23-4)9-14(15)26-20-17(19(22)24-10-25-20)18(21)16-7-5-12(3)29-16/h5-11,21,23H,1-4H3,(H3,22,24,25,26). The van der Waals surface area contributed by atoms with E-state index in [1.165, 1.54) is 6.33 Å². The van der Waals surface area contributed by atoms with Gasteiger partial charge in [0.2, 0.25) is 0 Å². The van der Waals surface area contributed by atoms with Crippen molar-refractivity contribution in [2.24, 2.45) is 0 Å². The van der Waals surface area contributed by atoms with Crippen molar-refractivity contribution in [3.63, 3.8) is 0 Å². The first kappa shape index (κ1) is 21.5. The molecule has 0 fully saturated rings. The molecule has 3 rings (SSSR count). The highest BCUT2D eigenvalue weighted by Gasteiger charge is 2.20. The molecular formula is C20H24N6O3S. The van der Waals surface area contributed by atoms with Gasteiger partial charge in [0, 0.05) is 0 Å².